The van der Waals surface area contributed by atoms with Gasteiger partial charge in [-0.2, -0.15) is 0 Å². The molecule has 6 nitrogen and oxygen atoms in total. The van der Waals surface area contributed by atoms with E-state index in [0.29, 0.717) is 6.54 Å². The molecule has 1 N–H and O–H groups in total. The predicted molar refractivity (Wildman–Crippen MR) is 109 cm³/mol. The number of ether oxygens (including phenoxy) is 3. The minimum atomic E-state index is -0.240. The van der Waals surface area contributed by atoms with Gasteiger partial charge in [0.2, 0.25) is 6.79 Å². The van der Waals surface area contributed by atoms with E-state index in [-0.39, 0.29) is 24.8 Å². The van der Waals surface area contributed by atoms with Gasteiger partial charge in [0.15, 0.2) is 17.5 Å². The third kappa shape index (κ3) is 4.62. The molecule has 2 aliphatic rings. The molecule has 0 aromatic heterocycles. The van der Waals surface area contributed by atoms with Gasteiger partial charge in [0.25, 0.3) is 0 Å². The topological polar surface area (TPSA) is 55.3 Å². The highest BCUT2D eigenvalue weighted by Gasteiger charge is 2.28. The smallest absolute Gasteiger partial charge is 0.231 e. The fourth-order valence-corrected chi connectivity index (χ4v) is 3.73. The summed E-state index contributed by atoms with van der Waals surface area (Å²) in [6.45, 7) is 4.50. The zero-order valence-electron chi connectivity index (χ0n) is 16.7. The molecule has 2 aromatic rings. The van der Waals surface area contributed by atoms with Gasteiger partial charge in [-0.25, -0.2) is 4.39 Å². The lowest BCUT2D eigenvalue weighted by Gasteiger charge is -2.38. The Labute approximate surface area is 170 Å². The fraction of sp³-hybridized carbons (Fsp3) is 0.409. The van der Waals surface area contributed by atoms with Crippen molar-refractivity contribution in [3.63, 3.8) is 0 Å². The molecule has 0 aliphatic carbocycles. The van der Waals surface area contributed by atoms with Crippen LogP contribution in [-0.2, 0) is 11.2 Å². The first-order valence-electron chi connectivity index (χ1n) is 9.87. The first kappa shape index (κ1) is 19.5. The van der Waals surface area contributed by atoms with E-state index in [0.717, 1.165) is 42.5 Å². The summed E-state index contributed by atoms with van der Waals surface area (Å²) in [5.74, 6) is 2.20. The number of halogens is 1. The van der Waals surface area contributed by atoms with E-state index in [9.17, 15) is 4.39 Å². The van der Waals surface area contributed by atoms with Gasteiger partial charge < -0.3 is 24.4 Å². The summed E-state index contributed by atoms with van der Waals surface area (Å²) in [6.07, 6.45) is 0.773. The van der Waals surface area contributed by atoms with Crippen LogP contribution in [0.15, 0.2) is 47.5 Å². The molecule has 2 aliphatic heterocycles. The van der Waals surface area contributed by atoms with Crippen molar-refractivity contribution in [3.05, 3.63) is 59.4 Å². The normalized spacial score (nSPS) is 21.3. The lowest BCUT2D eigenvalue weighted by Crippen LogP contribution is -2.51. The van der Waals surface area contributed by atoms with Crippen molar-refractivity contribution in [3.8, 4) is 11.5 Å². The van der Waals surface area contributed by atoms with Crippen LogP contribution in [0, 0.1) is 5.82 Å². The molecule has 2 heterocycles. The number of morpholine rings is 1. The Kier molecular flexibility index (Phi) is 5.85. The van der Waals surface area contributed by atoms with Gasteiger partial charge in [-0.3, -0.25) is 4.99 Å². The molecular formula is C22H26FN3O3. The van der Waals surface area contributed by atoms with Crippen LogP contribution >= 0.6 is 0 Å². The average Bonchev–Trinajstić information content (AvgIpc) is 3.19. The Bertz CT molecular complexity index is 872. The third-order valence-electron chi connectivity index (χ3n) is 5.15. The predicted octanol–water partition coefficient (Wildman–Crippen LogP) is 3.13. The summed E-state index contributed by atoms with van der Waals surface area (Å²) in [4.78, 5) is 6.64. The molecule has 2 atom stereocenters. The van der Waals surface area contributed by atoms with Crippen LogP contribution in [0.25, 0.3) is 0 Å². The van der Waals surface area contributed by atoms with Gasteiger partial charge in [0.05, 0.1) is 12.6 Å². The van der Waals surface area contributed by atoms with Crippen LogP contribution in [-0.4, -0.2) is 50.4 Å². The lowest BCUT2D eigenvalue weighted by molar-refractivity contribution is -0.0604. The summed E-state index contributed by atoms with van der Waals surface area (Å²) in [6, 6.07) is 12.5. The Morgan fingerprint density at radius 3 is 2.72 bits per heavy atom. The molecule has 0 amide bonds. The molecule has 2 aromatic carbocycles. The number of hydrogen-bond donors (Lipinski definition) is 1. The largest absolute Gasteiger partial charge is 0.454 e. The summed E-state index contributed by atoms with van der Waals surface area (Å²) in [5.41, 5.74) is 2.15. The molecule has 1 fully saturated rings. The first-order chi connectivity index (χ1) is 14.1. The highest BCUT2D eigenvalue weighted by Crippen LogP contribution is 2.32. The molecule has 1 saturated heterocycles. The molecule has 0 bridgehead atoms. The summed E-state index contributed by atoms with van der Waals surface area (Å²) in [7, 11) is 1.79. The molecular weight excluding hydrogens is 373 g/mol. The Morgan fingerprint density at radius 1 is 1.14 bits per heavy atom. The number of rotatable bonds is 4. The van der Waals surface area contributed by atoms with Crippen LogP contribution in [0.5, 0.6) is 11.5 Å². The van der Waals surface area contributed by atoms with Crippen molar-refractivity contribution < 1.29 is 18.6 Å². The average molecular weight is 399 g/mol. The van der Waals surface area contributed by atoms with E-state index in [1.54, 1.807) is 19.2 Å². The highest BCUT2D eigenvalue weighted by molar-refractivity contribution is 5.80. The Morgan fingerprint density at radius 2 is 1.93 bits per heavy atom. The van der Waals surface area contributed by atoms with Crippen molar-refractivity contribution in [2.45, 2.75) is 25.6 Å². The van der Waals surface area contributed by atoms with Crippen LogP contribution in [0.3, 0.4) is 0 Å². The minimum absolute atomic E-state index is 0.0474. The molecule has 0 radical (unpaired) electrons. The van der Waals surface area contributed by atoms with Gasteiger partial charge in [0.1, 0.15) is 11.9 Å². The third-order valence-corrected chi connectivity index (χ3v) is 5.15. The zero-order valence-corrected chi connectivity index (χ0v) is 16.7. The number of aliphatic imine (C=N–C) groups is 1. The van der Waals surface area contributed by atoms with Crippen LogP contribution in [0.2, 0.25) is 0 Å². The maximum atomic E-state index is 13.2. The van der Waals surface area contributed by atoms with Gasteiger partial charge in [-0.15, -0.1) is 0 Å². The first-order valence-corrected chi connectivity index (χ1v) is 9.87. The molecule has 0 spiro atoms. The van der Waals surface area contributed by atoms with E-state index in [2.05, 4.69) is 21.3 Å². The van der Waals surface area contributed by atoms with Gasteiger partial charge in [-0.05, 0) is 48.7 Å². The van der Waals surface area contributed by atoms with Crippen LogP contribution in [0.4, 0.5) is 4.39 Å². The molecule has 29 heavy (non-hydrogen) atoms. The number of benzene rings is 2. The summed E-state index contributed by atoms with van der Waals surface area (Å²) < 4.78 is 30.1. The Balaban J connectivity index is 1.36. The summed E-state index contributed by atoms with van der Waals surface area (Å²) in [5, 5.41) is 3.45. The second kappa shape index (κ2) is 8.69. The van der Waals surface area contributed by atoms with Crippen molar-refractivity contribution in [1.29, 1.82) is 0 Å². The van der Waals surface area contributed by atoms with Gasteiger partial charge in [0, 0.05) is 20.1 Å². The molecule has 0 saturated carbocycles. The van der Waals surface area contributed by atoms with E-state index in [1.807, 2.05) is 19.1 Å². The van der Waals surface area contributed by atoms with E-state index >= 15 is 0 Å². The van der Waals surface area contributed by atoms with Crippen molar-refractivity contribution in [2.24, 2.45) is 4.99 Å². The highest BCUT2D eigenvalue weighted by atomic mass is 19.1. The fourth-order valence-electron chi connectivity index (χ4n) is 3.73. The Hall–Kier alpha value is -2.80. The number of nitrogens with zero attached hydrogens (tertiary/aromatic N) is 2. The maximum Gasteiger partial charge on any atom is 0.231 e. The van der Waals surface area contributed by atoms with Gasteiger partial charge in [-0.1, -0.05) is 18.2 Å². The van der Waals surface area contributed by atoms with Crippen LogP contribution < -0.4 is 14.8 Å². The molecule has 4 rings (SSSR count). The van der Waals surface area contributed by atoms with E-state index < -0.39 is 0 Å². The van der Waals surface area contributed by atoms with Crippen molar-refractivity contribution in [2.75, 3.05) is 33.5 Å². The standard InChI is InChI=1S/C22H26FN3O3/c1-15-12-26(13-21(29-15)17-4-6-18(23)7-5-17)22(24-2)25-10-9-16-3-8-19-20(11-16)28-14-27-19/h3-8,11,15,21H,9-10,12-14H2,1-2H3,(H,24,25). The van der Waals surface area contributed by atoms with Crippen LogP contribution in [0.1, 0.15) is 24.2 Å². The number of guanidine groups is 1. The molecule has 2 unspecified atom stereocenters. The number of hydrogen-bond acceptors (Lipinski definition) is 4. The van der Waals surface area contributed by atoms with Gasteiger partial charge >= 0.3 is 0 Å². The summed E-state index contributed by atoms with van der Waals surface area (Å²) >= 11 is 0. The monoisotopic (exact) mass is 399 g/mol. The lowest BCUT2D eigenvalue weighted by atomic mass is 10.1. The quantitative estimate of drug-likeness (QED) is 0.632. The maximum absolute atomic E-state index is 13.2. The molecule has 7 heteroatoms. The molecule has 154 valence electrons. The SMILES string of the molecule is CN=C(NCCc1ccc2c(c1)OCO2)N1CC(C)OC(c2ccc(F)cc2)C1. The second-order valence-electron chi connectivity index (χ2n) is 7.30. The number of fused-ring (bicyclic) bond motifs is 1. The minimum Gasteiger partial charge on any atom is -0.454 e. The van der Waals surface area contributed by atoms with E-state index in [4.69, 9.17) is 14.2 Å². The zero-order chi connectivity index (χ0) is 20.2. The van der Waals surface area contributed by atoms with Crippen molar-refractivity contribution in [1.82, 2.24) is 10.2 Å². The second-order valence-corrected chi connectivity index (χ2v) is 7.30. The van der Waals surface area contributed by atoms with E-state index in [1.165, 1.54) is 17.7 Å². The van der Waals surface area contributed by atoms with Crippen molar-refractivity contribution >= 4 is 5.96 Å². The number of nitrogens with one attached hydrogen (secondary N) is 1.